The third kappa shape index (κ3) is 7.05. The Morgan fingerprint density at radius 1 is 0.921 bits per heavy atom. The number of allylic oxidation sites excluding steroid dienone is 1. The average molecular weight is 532 g/mol. The van der Waals surface area contributed by atoms with Crippen molar-refractivity contribution in [3.8, 4) is 0 Å². The number of esters is 1. The van der Waals surface area contributed by atoms with Crippen LogP contribution in [0.5, 0.6) is 0 Å². The average Bonchev–Trinajstić information content (AvgIpc) is 2.92. The van der Waals surface area contributed by atoms with E-state index in [2.05, 4.69) is 45.0 Å². The number of benzene rings is 3. The fourth-order valence-electron chi connectivity index (χ4n) is 5.16. The van der Waals surface area contributed by atoms with Gasteiger partial charge in [-0.2, -0.15) is 0 Å². The lowest BCUT2D eigenvalue weighted by molar-refractivity contribution is -0.484. The van der Waals surface area contributed by atoms with Gasteiger partial charge < -0.3 is 9.16 Å². The fraction of sp³-hybridized carbons (Fsp3) is 0.323. The summed E-state index contributed by atoms with van der Waals surface area (Å²) in [6.07, 6.45) is 3.61. The van der Waals surface area contributed by atoms with Gasteiger partial charge in [0, 0.05) is 17.6 Å². The van der Waals surface area contributed by atoms with Crippen molar-refractivity contribution in [1.29, 1.82) is 0 Å². The second kappa shape index (κ2) is 13.3. The molecule has 0 aliphatic carbocycles. The van der Waals surface area contributed by atoms with E-state index in [4.69, 9.17) is 9.16 Å². The van der Waals surface area contributed by atoms with Crippen LogP contribution in [0.25, 0.3) is 0 Å². The van der Waals surface area contributed by atoms with Crippen LogP contribution in [0, 0.1) is 16.0 Å². The number of methoxy groups -OCH3 is 1. The van der Waals surface area contributed by atoms with E-state index < -0.39 is 20.2 Å². The highest BCUT2D eigenvalue weighted by Crippen LogP contribution is 2.37. The molecule has 0 saturated carbocycles. The van der Waals surface area contributed by atoms with Crippen LogP contribution in [0.2, 0.25) is 5.04 Å². The van der Waals surface area contributed by atoms with Gasteiger partial charge in [-0.3, -0.25) is 10.1 Å². The molecule has 0 aliphatic rings. The van der Waals surface area contributed by atoms with Crippen LogP contribution in [0.3, 0.4) is 0 Å². The quantitative estimate of drug-likeness (QED) is 0.103. The predicted octanol–water partition coefficient (Wildman–Crippen LogP) is 5.36. The minimum absolute atomic E-state index is 0.188. The zero-order valence-electron chi connectivity index (χ0n) is 22.6. The zero-order valence-corrected chi connectivity index (χ0v) is 23.6. The maximum absolute atomic E-state index is 12.0. The highest BCUT2D eigenvalue weighted by atomic mass is 28.4. The molecular weight excluding hydrogens is 494 g/mol. The number of hydrogen-bond donors (Lipinski definition) is 0. The maximum atomic E-state index is 12.0. The Labute approximate surface area is 226 Å². The van der Waals surface area contributed by atoms with Gasteiger partial charge in [-0.1, -0.05) is 118 Å². The summed E-state index contributed by atoms with van der Waals surface area (Å²) in [6.45, 7) is 6.78. The lowest BCUT2D eigenvalue weighted by atomic mass is 9.83. The molecule has 0 fully saturated rings. The number of nitro groups is 1. The van der Waals surface area contributed by atoms with E-state index in [1.807, 2.05) is 66.7 Å². The second-order valence-electron chi connectivity index (χ2n) is 10.4. The summed E-state index contributed by atoms with van der Waals surface area (Å²) in [4.78, 5) is 23.4. The molecule has 38 heavy (non-hydrogen) atoms. The Balaban J connectivity index is 2.00. The lowest BCUT2D eigenvalue weighted by Crippen LogP contribution is -2.66. The first-order valence-electron chi connectivity index (χ1n) is 12.9. The summed E-state index contributed by atoms with van der Waals surface area (Å²) in [6, 6.07) is 30.2. The van der Waals surface area contributed by atoms with Crippen LogP contribution in [-0.4, -0.2) is 39.5 Å². The predicted molar refractivity (Wildman–Crippen MR) is 154 cm³/mol. The second-order valence-corrected chi connectivity index (χ2v) is 14.7. The molecular formula is C31H37NO5Si. The highest BCUT2D eigenvalue weighted by molar-refractivity contribution is 6.99. The third-order valence-corrected chi connectivity index (χ3v) is 12.0. The Morgan fingerprint density at radius 3 is 1.87 bits per heavy atom. The van der Waals surface area contributed by atoms with E-state index in [1.165, 1.54) is 23.6 Å². The maximum Gasteiger partial charge on any atom is 0.330 e. The number of hydrogen-bond acceptors (Lipinski definition) is 5. The molecule has 0 spiro atoms. The van der Waals surface area contributed by atoms with Gasteiger partial charge in [-0.25, -0.2) is 4.79 Å². The van der Waals surface area contributed by atoms with Gasteiger partial charge in [0.05, 0.1) is 13.0 Å². The van der Waals surface area contributed by atoms with Crippen molar-refractivity contribution >= 4 is 24.7 Å². The molecule has 3 aromatic rings. The van der Waals surface area contributed by atoms with Crippen molar-refractivity contribution in [3.05, 3.63) is 119 Å². The van der Waals surface area contributed by atoms with Gasteiger partial charge in [0.25, 0.3) is 8.32 Å². The van der Waals surface area contributed by atoms with Gasteiger partial charge in [-0.15, -0.1) is 0 Å². The van der Waals surface area contributed by atoms with Gasteiger partial charge >= 0.3 is 5.97 Å². The summed E-state index contributed by atoms with van der Waals surface area (Å²) in [5.74, 6) is -1.22. The Kier molecular flexibility index (Phi) is 10.2. The molecule has 7 heteroatoms. The molecule has 0 unspecified atom stereocenters. The number of nitrogens with zero attached hydrogens (tertiary/aromatic N) is 1. The van der Waals surface area contributed by atoms with E-state index in [-0.39, 0.29) is 22.4 Å². The summed E-state index contributed by atoms with van der Waals surface area (Å²) in [7, 11) is -1.44. The molecule has 0 heterocycles. The van der Waals surface area contributed by atoms with Crippen molar-refractivity contribution in [1.82, 2.24) is 0 Å². The first-order valence-corrected chi connectivity index (χ1v) is 14.8. The first-order chi connectivity index (χ1) is 18.2. The van der Waals surface area contributed by atoms with E-state index in [1.54, 1.807) is 6.08 Å². The molecule has 0 saturated heterocycles. The van der Waals surface area contributed by atoms with Crippen LogP contribution in [0.15, 0.2) is 103 Å². The van der Waals surface area contributed by atoms with Gasteiger partial charge in [0.1, 0.15) is 0 Å². The standard InChI is InChI=1S/C31H37NO5Si/c1-31(2,3)38(27-16-10-6-11-17-27,28-18-12-7-13-19-28)37-23-22-26(20-21-30(33)36-4)29(24-32(34)35)25-14-8-5-9-15-25/h5-21,26,29H,22-24H2,1-4H3/b21-20+/t26-,29-/m0/s1. The van der Waals surface area contributed by atoms with Crippen molar-refractivity contribution in [2.75, 3.05) is 20.3 Å². The van der Waals surface area contributed by atoms with Crippen LogP contribution in [0.4, 0.5) is 0 Å². The SMILES string of the molecule is COC(=O)/C=C/[C@@H](CCO[Si](c1ccccc1)(c1ccccc1)C(C)(C)C)[C@@H](C[N+](=O)[O-])c1ccccc1. The molecule has 2 atom stereocenters. The highest BCUT2D eigenvalue weighted by Gasteiger charge is 2.50. The monoisotopic (exact) mass is 531 g/mol. The summed E-state index contributed by atoms with van der Waals surface area (Å²) in [5.41, 5.74) is 0.856. The Hall–Kier alpha value is -3.55. The van der Waals surface area contributed by atoms with Crippen LogP contribution in [-0.2, 0) is 14.0 Å². The summed E-state index contributed by atoms with van der Waals surface area (Å²) >= 11 is 0. The molecule has 0 aromatic heterocycles. The first kappa shape index (κ1) is 29.0. The fourth-order valence-corrected chi connectivity index (χ4v) is 9.74. The van der Waals surface area contributed by atoms with Crippen molar-refractivity contribution in [2.24, 2.45) is 5.92 Å². The molecule has 0 aliphatic heterocycles. The van der Waals surface area contributed by atoms with Gasteiger partial charge in [0.2, 0.25) is 6.54 Å². The van der Waals surface area contributed by atoms with Crippen molar-refractivity contribution in [3.63, 3.8) is 0 Å². The van der Waals surface area contributed by atoms with Crippen molar-refractivity contribution in [2.45, 2.75) is 38.1 Å². The number of rotatable bonds is 12. The zero-order chi connectivity index (χ0) is 27.6. The van der Waals surface area contributed by atoms with Gasteiger partial charge in [0.15, 0.2) is 0 Å². The summed E-state index contributed by atoms with van der Waals surface area (Å²) < 4.78 is 11.8. The normalized spacial score (nSPS) is 13.7. The van der Waals surface area contributed by atoms with Crippen molar-refractivity contribution < 1.29 is 18.9 Å². The lowest BCUT2D eigenvalue weighted by Gasteiger charge is -2.43. The largest absolute Gasteiger partial charge is 0.466 e. The number of carbonyl (C=O) groups excluding carboxylic acids is 1. The molecule has 200 valence electrons. The minimum Gasteiger partial charge on any atom is -0.466 e. The molecule has 0 amide bonds. The molecule has 6 nitrogen and oxygen atoms in total. The van der Waals surface area contributed by atoms with E-state index in [0.29, 0.717) is 13.0 Å². The van der Waals surface area contributed by atoms with Gasteiger partial charge in [-0.05, 0) is 33.3 Å². The van der Waals surface area contributed by atoms with E-state index in [9.17, 15) is 14.9 Å². The molecule has 3 rings (SSSR count). The van der Waals surface area contributed by atoms with E-state index in [0.717, 1.165) is 5.56 Å². The van der Waals surface area contributed by atoms with Crippen LogP contribution >= 0.6 is 0 Å². The van der Waals surface area contributed by atoms with Crippen LogP contribution in [0.1, 0.15) is 38.7 Å². The Morgan fingerprint density at radius 2 is 1.42 bits per heavy atom. The third-order valence-electron chi connectivity index (χ3n) is 6.96. The molecule has 0 radical (unpaired) electrons. The smallest absolute Gasteiger partial charge is 0.330 e. The minimum atomic E-state index is -2.76. The molecule has 3 aromatic carbocycles. The Bertz CT molecular complexity index is 1150. The number of carbonyl (C=O) groups is 1. The van der Waals surface area contributed by atoms with E-state index >= 15 is 0 Å². The topological polar surface area (TPSA) is 78.7 Å². The molecule has 0 bridgehead atoms. The summed E-state index contributed by atoms with van der Waals surface area (Å²) in [5, 5.41) is 13.8. The number of ether oxygens (including phenoxy) is 1. The molecule has 0 N–H and O–H groups in total. The van der Waals surface area contributed by atoms with Crippen LogP contribution < -0.4 is 10.4 Å².